The van der Waals surface area contributed by atoms with E-state index in [4.69, 9.17) is 0 Å². The predicted molar refractivity (Wildman–Crippen MR) is 124 cm³/mol. The molecule has 3 saturated carbocycles. The van der Waals surface area contributed by atoms with Gasteiger partial charge in [-0.25, -0.2) is 0 Å². The van der Waals surface area contributed by atoms with Crippen molar-refractivity contribution >= 4 is 16.7 Å². The van der Waals surface area contributed by atoms with E-state index in [1.54, 1.807) is 0 Å². The lowest BCUT2D eigenvalue weighted by atomic mass is 9.37. The molecule has 0 amide bonds. The maximum atomic E-state index is 12.6. The highest BCUT2D eigenvalue weighted by Gasteiger charge is 2.63. The lowest BCUT2D eigenvalue weighted by Gasteiger charge is -2.67. The van der Waals surface area contributed by atoms with Gasteiger partial charge in [0, 0.05) is 29.4 Å². The van der Waals surface area contributed by atoms with Crippen molar-refractivity contribution < 1.29 is 4.79 Å². The molecule has 162 valence electrons. The van der Waals surface area contributed by atoms with Gasteiger partial charge in [-0.2, -0.15) is 0 Å². The number of para-hydroxylation sites is 1. The van der Waals surface area contributed by atoms with Gasteiger partial charge in [-0.1, -0.05) is 52.8 Å². The quantitative estimate of drug-likeness (QED) is 0.564. The topological polar surface area (TPSA) is 32.9 Å². The molecule has 3 aliphatic rings. The second-order valence-electron chi connectivity index (χ2n) is 11.9. The van der Waals surface area contributed by atoms with Crippen molar-refractivity contribution in [2.45, 2.75) is 79.6 Å². The lowest BCUT2D eigenvalue weighted by Crippen LogP contribution is -2.61. The van der Waals surface area contributed by atoms with E-state index in [0.29, 0.717) is 22.5 Å². The molecule has 7 atom stereocenters. The first kappa shape index (κ1) is 20.3. The van der Waals surface area contributed by atoms with Crippen LogP contribution in [0.15, 0.2) is 30.5 Å². The highest BCUT2D eigenvalue weighted by Crippen LogP contribution is 2.69. The average molecular weight is 406 g/mol. The number of benzene rings is 1. The van der Waals surface area contributed by atoms with Gasteiger partial charge in [-0.05, 0) is 84.2 Å². The number of rotatable bonds is 2. The minimum absolute atomic E-state index is 0.197. The van der Waals surface area contributed by atoms with Crippen LogP contribution >= 0.6 is 0 Å². The molecule has 30 heavy (non-hydrogen) atoms. The molecule has 0 bridgehead atoms. The molecule has 1 aromatic carbocycles. The molecule has 1 N–H and O–H groups in total. The Morgan fingerprint density at radius 1 is 0.967 bits per heavy atom. The molecule has 7 unspecified atom stereocenters. The molecule has 0 radical (unpaired) electrons. The number of fused-ring (bicyclic) bond motifs is 4. The Kier molecular flexibility index (Phi) is 4.55. The van der Waals surface area contributed by atoms with Gasteiger partial charge < -0.3 is 4.98 Å². The Morgan fingerprint density at radius 3 is 2.50 bits per heavy atom. The number of carbonyl (C=O) groups excluding carboxylic acids is 1. The third-order valence-electron chi connectivity index (χ3n) is 10.8. The van der Waals surface area contributed by atoms with Crippen molar-refractivity contribution in [3.05, 3.63) is 36.0 Å². The highest BCUT2D eigenvalue weighted by molar-refractivity contribution is 5.83. The maximum Gasteiger partial charge on any atom is 0.136 e. The highest BCUT2D eigenvalue weighted by atomic mass is 16.1. The standard InChI is InChI=1S/C28H39NO/c1-18-12-14-27(4)24-11-10-23(30)19(2)26(24,3)15-13-25(27)28(18,5)16-20-17-29-22-9-7-6-8-21(20)22/h6-9,17-19,24-25,29H,10-16H2,1-5H3. The van der Waals surface area contributed by atoms with Crippen LogP contribution in [-0.4, -0.2) is 10.8 Å². The Balaban J connectivity index is 1.53. The number of aromatic amines is 1. The number of Topliss-reactive ketones (excluding diaryl/α,β-unsaturated/α-hetero) is 1. The van der Waals surface area contributed by atoms with Gasteiger partial charge in [0.25, 0.3) is 0 Å². The smallest absolute Gasteiger partial charge is 0.136 e. The largest absolute Gasteiger partial charge is 0.361 e. The Labute approximate surface area is 182 Å². The van der Waals surface area contributed by atoms with E-state index in [1.165, 1.54) is 42.1 Å². The summed E-state index contributed by atoms with van der Waals surface area (Å²) in [6, 6.07) is 8.77. The minimum Gasteiger partial charge on any atom is -0.361 e. The zero-order valence-corrected chi connectivity index (χ0v) is 19.6. The molecule has 3 fully saturated rings. The van der Waals surface area contributed by atoms with Crippen LogP contribution in [0, 0.1) is 39.9 Å². The number of carbonyl (C=O) groups is 1. The van der Waals surface area contributed by atoms with Gasteiger partial charge in [0.05, 0.1) is 0 Å². The first-order chi connectivity index (χ1) is 14.2. The number of nitrogens with one attached hydrogen (secondary N) is 1. The zero-order valence-electron chi connectivity index (χ0n) is 19.6. The summed E-state index contributed by atoms with van der Waals surface area (Å²) in [7, 11) is 0. The maximum absolute atomic E-state index is 12.6. The van der Waals surface area contributed by atoms with Crippen molar-refractivity contribution in [2.75, 3.05) is 0 Å². The van der Waals surface area contributed by atoms with Crippen LogP contribution in [-0.2, 0) is 11.2 Å². The van der Waals surface area contributed by atoms with Gasteiger partial charge in [0.1, 0.15) is 5.78 Å². The molecule has 0 spiro atoms. The second kappa shape index (κ2) is 6.71. The predicted octanol–water partition coefficient (Wildman–Crippen LogP) is 7.18. The minimum atomic E-state index is 0.197. The summed E-state index contributed by atoms with van der Waals surface area (Å²) < 4.78 is 0. The molecule has 1 aromatic heterocycles. The third kappa shape index (κ3) is 2.64. The summed E-state index contributed by atoms with van der Waals surface area (Å²) in [6.07, 6.45) is 10.5. The van der Waals surface area contributed by atoms with Gasteiger partial charge in [0.2, 0.25) is 0 Å². The van der Waals surface area contributed by atoms with Crippen molar-refractivity contribution in [1.29, 1.82) is 0 Å². The fourth-order valence-electron chi connectivity index (χ4n) is 8.62. The first-order valence-corrected chi connectivity index (χ1v) is 12.3. The number of hydrogen-bond acceptors (Lipinski definition) is 1. The van der Waals surface area contributed by atoms with Crippen molar-refractivity contribution in [3.8, 4) is 0 Å². The van der Waals surface area contributed by atoms with E-state index in [1.807, 2.05) is 0 Å². The third-order valence-corrected chi connectivity index (χ3v) is 10.8. The molecular formula is C28H39NO. The van der Waals surface area contributed by atoms with Gasteiger partial charge in [-0.3, -0.25) is 4.79 Å². The van der Waals surface area contributed by atoms with E-state index in [9.17, 15) is 4.79 Å². The average Bonchev–Trinajstić information content (AvgIpc) is 3.12. The summed E-state index contributed by atoms with van der Waals surface area (Å²) >= 11 is 0. The van der Waals surface area contributed by atoms with E-state index in [0.717, 1.165) is 31.1 Å². The van der Waals surface area contributed by atoms with Crippen molar-refractivity contribution in [1.82, 2.24) is 4.98 Å². The summed E-state index contributed by atoms with van der Waals surface area (Å²) in [5.74, 6) is 2.90. The van der Waals surface area contributed by atoms with E-state index in [2.05, 4.69) is 70.1 Å². The van der Waals surface area contributed by atoms with E-state index >= 15 is 0 Å². The number of ketones is 1. The SMILES string of the molecule is CC1CCC2(C)C(CCC3(C)C(C)C(=O)CCC32)C1(C)Cc1c[nH]c2ccccc12. The summed E-state index contributed by atoms with van der Waals surface area (Å²) in [6.45, 7) is 12.4. The number of H-pyrrole nitrogens is 1. The van der Waals surface area contributed by atoms with Crippen molar-refractivity contribution in [3.63, 3.8) is 0 Å². The normalized spacial score (nSPS) is 44.0. The first-order valence-electron chi connectivity index (χ1n) is 12.3. The molecule has 1 heterocycles. The van der Waals surface area contributed by atoms with E-state index < -0.39 is 0 Å². The van der Waals surface area contributed by atoms with Crippen LogP contribution in [0.4, 0.5) is 0 Å². The van der Waals surface area contributed by atoms with Gasteiger partial charge >= 0.3 is 0 Å². The zero-order chi connectivity index (χ0) is 21.3. The van der Waals surface area contributed by atoms with Crippen LogP contribution in [0.25, 0.3) is 10.9 Å². The molecule has 5 rings (SSSR count). The number of aromatic nitrogens is 1. The molecule has 2 heteroatoms. The fraction of sp³-hybridized carbons (Fsp3) is 0.679. The summed E-state index contributed by atoms with van der Waals surface area (Å²) in [4.78, 5) is 16.1. The molecule has 3 aliphatic carbocycles. The molecule has 0 aliphatic heterocycles. The monoisotopic (exact) mass is 405 g/mol. The number of hydrogen-bond donors (Lipinski definition) is 1. The molecule has 2 aromatic rings. The van der Waals surface area contributed by atoms with Crippen LogP contribution in [0.1, 0.15) is 78.7 Å². The Bertz CT molecular complexity index is 974. The Morgan fingerprint density at radius 2 is 1.70 bits per heavy atom. The summed E-state index contributed by atoms with van der Waals surface area (Å²) in [5, 5.41) is 1.40. The molecule has 0 saturated heterocycles. The van der Waals surface area contributed by atoms with E-state index in [-0.39, 0.29) is 11.3 Å². The summed E-state index contributed by atoms with van der Waals surface area (Å²) in [5.41, 5.74) is 3.62. The Hall–Kier alpha value is -1.57. The lowest BCUT2D eigenvalue weighted by molar-refractivity contribution is -0.182. The molecule has 2 nitrogen and oxygen atoms in total. The van der Waals surface area contributed by atoms with Crippen LogP contribution < -0.4 is 0 Å². The van der Waals surface area contributed by atoms with Crippen LogP contribution in [0.5, 0.6) is 0 Å². The molecular weight excluding hydrogens is 366 g/mol. The van der Waals surface area contributed by atoms with Crippen molar-refractivity contribution in [2.24, 2.45) is 39.9 Å². The van der Waals surface area contributed by atoms with Crippen LogP contribution in [0.2, 0.25) is 0 Å². The fourth-order valence-corrected chi connectivity index (χ4v) is 8.62. The van der Waals surface area contributed by atoms with Gasteiger partial charge in [0.15, 0.2) is 0 Å². The second-order valence-corrected chi connectivity index (χ2v) is 11.9. The van der Waals surface area contributed by atoms with Gasteiger partial charge in [-0.15, -0.1) is 0 Å². The van der Waals surface area contributed by atoms with Crippen LogP contribution in [0.3, 0.4) is 0 Å².